The number of aryl methyl sites for hydroxylation is 1. The summed E-state index contributed by atoms with van der Waals surface area (Å²) in [6.45, 7) is 2.53. The lowest BCUT2D eigenvalue weighted by molar-refractivity contribution is -0.141. The summed E-state index contributed by atoms with van der Waals surface area (Å²) in [6, 6.07) is 13.9. The van der Waals surface area contributed by atoms with Gasteiger partial charge in [0, 0.05) is 44.5 Å². The lowest BCUT2D eigenvalue weighted by Gasteiger charge is -2.35. The number of carbonyl (C=O) groups excluding carboxylic acids is 2. The SMILES string of the molecule is Cn1cccc1C1CCCN1C(=O)C1CCN(C(=O)CCOc2ccccc2)CC1. The Balaban J connectivity index is 1.25. The van der Waals surface area contributed by atoms with Gasteiger partial charge in [-0.2, -0.15) is 0 Å². The Morgan fingerprint density at radius 3 is 2.47 bits per heavy atom. The number of benzene rings is 1. The van der Waals surface area contributed by atoms with Gasteiger partial charge in [0.15, 0.2) is 0 Å². The Kier molecular flexibility index (Phi) is 6.41. The van der Waals surface area contributed by atoms with Crippen molar-refractivity contribution in [3.05, 3.63) is 54.4 Å². The molecular weight excluding hydrogens is 378 g/mol. The summed E-state index contributed by atoms with van der Waals surface area (Å²) in [7, 11) is 2.04. The summed E-state index contributed by atoms with van der Waals surface area (Å²) in [5.41, 5.74) is 1.21. The molecule has 2 aliphatic heterocycles. The number of hydrogen-bond acceptors (Lipinski definition) is 3. The molecule has 2 saturated heterocycles. The number of piperidine rings is 1. The van der Waals surface area contributed by atoms with Crippen molar-refractivity contribution in [2.45, 2.75) is 38.1 Å². The van der Waals surface area contributed by atoms with E-state index in [0.29, 0.717) is 26.1 Å². The molecule has 6 nitrogen and oxygen atoms in total. The zero-order chi connectivity index (χ0) is 20.9. The maximum Gasteiger partial charge on any atom is 0.226 e. The van der Waals surface area contributed by atoms with Gasteiger partial charge in [-0.3, -0.25) is 9.59 Å². The van der Waals surface area contributed by atoms with Crippen molar-refractivity contribution in [1.29, 1.82) is 0 Å². The molecule has 2 aromatic rings. The van der Waals surface area contributed by atoms with Crippen LogP contribution in [0.2, 0.25) is 0 Å². The fourth-order valence-electron chi connectivity index (χ4n) is 4.70. The van der Waals surface area contributed by atoms with Gasteiger partial charge < -0.3 is 19.1 Å². The zero-order valence-electron chi connectivity index (χ0n) is 17.7. The first-order valence-electron chi connectivity index (χ1n) is 11.0. The van der Waals surface area contributed by atoms with Crippen molar-refractivity contribution in [1.82, 2.24) is 14.4 Å². The molecule has 160 valence electrons. The van der Waals surface area contributed by atoms with E-state index in [1.54, 1.807) is 0 Å². The Labute approximate surface area is 178 Å². The second-order valence-corrected chi connectivity index (χ2v) is 8.30. The minimum Gasteiger partial charge on any atom is -0.493 e. The van der Waals surface area contributed by atoms with Crippen LogP contribution in [0.5, 0.6) is 5.75 Å². The van der Waals surface area contributed by atoms with Crippen LogP contribution in [0.4, 0.5) is 0 Å². The molecule has 0 N–H and O–H groups in total. The molecule has 30 heavy (non-hydrogen) atoms. The average molecular weight is 410 g/mol. The molecule has 0 spiro atoms. The molecule has 1 aromatic carbocycles. The van der Waals surface area contributed by atoms with Gasteiger partial charge in [-0.1, -0.05) is 18.2 Å². The number of amides is 2. The van der Waals surface area contributed by atoms with Crippen molar-refractivity contribution < 1.29 is 14.3 Å². The van der Waals surface area contributed by atoms with Crippen molar-refractivity contribution in [3.63, 3.8) is 0 Å². The smallest absolute Gasteiger partial charge is 0.226 e. The van der Waals surface area contributed by atoms with Gasteiger partial charge in [0.05, 0.1) is 19.1 Å². The van der Waals surface area contributed by atoms with Crippen molar-refractivity contribution in [2.75, 3.05) is 26.2 Å². The van der Waals surface area contributed by atoms with Gasteiger partial charge in [-0.15, -0.1) is 0 Å². The summed E-state index contributed by atoms with van der Waals surface area (Å²) < 4.78 is 7.76. The zero-order valence-corrected chi connectivity index (χ0v) is 17.7. The number of aromatic nitrogens is 1. The van der Waals surface area contributed by atoms with E-state index < -0.39 is 0 Å². The largest absolute Gasteiger partial charge is 0.493 e. The monoisotopic (exact) mass is 409 g/mol. The Bertz CT molecular complexity index is 856. The molecule has 2 amide bonds. The fraction of sp³-hybridized carbons (Fsp3) is 0.500. The highest BCUT2D eigenvalue weighted by Gasteiger charge is 2.36. The molecule has 4 rings (SSSR count). The maximum atomic E-state index is 13.2. The van der Waals surface area contributed by atoms with Crippen LogP contribution in [0.1, 0.15) is 43.8 Å². The molecule has 0 aliphatic carbocycles. The number of ether oxygens (including phenoxy) is 1. The molecule has 3 heterocycles. The van der Waals surface area contributed by atoms with E-state index in [1.165, 1.54) is 5.69 Å². The number of para-hydroxylation sites is 1. The van der Waals surface area contributed by atoms with E-state index >= 15 is 0 Å². The Morgan fingerprint density at radius 1 is 1.00 bits per heavy atom. The number of carbonyl (C=O) groups is 2. The highest BCUT2D eigenvalue weighted by atomic mass is 16.5. The van der Waals surface area contributed by atoms with Gasteiger partial charge in [0.1, 0.15) is 5.75 Å². The van der Waals surface area contributed by atoms with Crippen LogP contribution in [0, 0.1) is 5.92 Å². The third-order valence-electron chi connectivity index (χ3n) is 6.39. The van der Waals surface area contributed by atoms with Crippen LogP contribution in [-0.2, 0) is 16.6 Å². The first-order valence-corrected chi connectivity index (χ1v) is 11.0. The van der Waals surface area contributed by atoms with Gasteiger partial charge in [-0.25, -0.2) is 0 Å². The molecule has 2 aliphatic rings. The number of nitrogens with zero attached hydrogens (tertiary/aromatic N) is 3. The third-order valence-corrected chi connectivity index (χ3v) is 6.39. The minimum atomic E-state index is 0.0236. The summed E-state index contributed by atoms with van der Waals surface area (Å²) in [6.07, 6.45) is 6.00. The van der Waals surface area contributed by atoms with E-state index in [1.807, 2.05) is 54.5 Å². The van der Waals surface area contributed by atoms with E-state index in [4.69, 9.17) is 4.74 Å². The molecule has 1 atom stereocenters. The number of hydrogen-bond donors (Lipinski definition) is 0. The van der Waals surface area contributed by atoms with Crippen molar-refractivity contribution in [2.24, 2.45) is 13.0 Å². The van der Waals surface area contributed by atoms with Crippen molar-refractivity contribution in [3.8, 4) is 5.75 Å². The molecular formula is C24H31N3O3. The quantitative estimate of drug-likeness (QED) is 0.735. The van der Waals surface area contributed by atoms with Gasteiger partial charge >= 0.3 is 0 Å². The minimum absolute atomic E-state index is 0.0236. The third kappa shape index (κ3) is 4.53. The lowest BCUT2D eigenvalue weighted by atomic mass is 9.94. The highest BCUT2D eigenvalue weighted by molar-refractivity contribution is 5.81. The predicted molar refractivity (Wildman–Crippen MR) is 115 cm³/mol. The lowest BCUT2D eigenvalue weighted by Crippen LogP contribution is -2.44. The first kappa shape index (κ1) is 20.5. The van der Waals surface area contributed by atoms with Crippen molar-refractivity contribution >= 4 is 11.8 Å². The van der Waals surface area contributed by atoms with E-state index in [0.717, 1.165) is 38.0 Å². The molecule has 1 unspecified atom stereocenters. The molecule has 0 radical (unpaired) electrons. The standard InChI is InChI=1S/C24H31N3O3/c1-25-14-5-9-21(25)22-10-6-15-27(22)24(29)19-11-16-26(17-12-19)23(28)13-18-30-20-7-3-2-4-8-20/h2-5,7-9,14,19,22H,6,10-13,15-18H2,1H3. The topological polar surface area (TPSA) is 54.8 Å². The van der Waals surface area contributed by atoms with Crippen LogP contribution >= 0.6 is 0 Å². The van der Waals surface area contributed by atoms with E-state index in [9.17, 15) is 9.59 Å². The molecule has 0 saturated carbocycles. The van der Waals surface area contributed by atoms with Gasteiger partial charge in [0.25, 0.3) is 0 Å². The van der Waals surface area contributed by atoms with Gasteiger partial charge in [-0.05, 0) is 49.9 Å². The maximum absolute atomic E-state index is 13.2. The van der Waals surface area contributed by atoms with Crippen LogP contribution < -0.4 is 4.74 Å². The average Bonchev–Trinajstić information content (AvgIpc) is 3.42. The summed E-state index contributed by atoms with van der Waals surface area (Å²) in [5.74, 6) is 1.18. The molecule has 0 bridgehead atoms. The normalized spacial score (nSPS) is 19.8. The van der Waals surface area contributed by atoms with E-state index in [2.05, 4.69) is 15.5 Å². The number of likely N-dealkylation sites (tertiary alicyclic amines) is 2. The van der Waals surface area contributed by atoms with E-state index in [-0.39, 0.29) is 23.8 Å². The summed E-state index contributed by atoms with van der Waals surface area (Å²) in [5, 5.41) is 0. The Morgan fingerprint density at radius 2 is 1.77 bits per heavy atom. The summed E-state index contributed by atoms with van der Waals surface area (Å²) in [4.78, 5) is 29.7. The fourth-order valence-corrected chi connectivity index (χ4v) is 4.70. The first-order chi connectivity index (χ1) is 14.6. The second kappa shape index (κ2) is 9.37. The van der Waals surface area contributed by atoms with Gasteiger partial charge in [0.2, 0.25) is 11.8 Å². The highest BCUT2D eigenvalue weighted by Crippen LogP contribution is 2.34. The van der Waals surface area contributed by atoms with Crippen LogP contribution in [0.3, 0.4) is 0 Å². The number of rotatable bonds is 6. The molecule has 1 aromatic heterocycles. The van der Waals surface area contributed by atoms with Crippen LogP contribution in [-0.4, -0.2) is 52.4 Å². The second-order valence-electron chi connectivity index (χ2n) is 8.30. The molecule has 2 fully saturated rings. The van der Waals surface area contributed by atoms with Crippen LogP contribution in [0.15, 0.2) is 48.7 Å². The Hall–Kier alpha value is -2.76. The molecule has 6 heteroatoms. The van der Waals surface area contributed by atoms with Crippen LogP contribution in [0.25, 0.3) is 0 Å². The predicted octanol–water partition coefficient (Wildman–Crippen LogP) is 3.40. The summed E-state index contributed by atoms with van der Waals surface area (Å²) >= 11 is 0.